The molecule has 0 saturated heterocycles. The van der Waals surface area contributed by atoms with Gasteiger partial charge in [-0.25, -0.2) is 8.42 Å². The molecule has 0 aliphatic heterocycles. The number of nitrogens with zero attached hydrogens (tertiary/aromatic N) is 2. The zero-order valence-corrected chi connectivity index (χ0v) is 25.0. The number of unbranched alkanes of at least 4 members (excludes halogenated alkanes) is 1. The lowest BCUT2D eigenvalue weighted by atomic mass is 10.1. The number of hydrogen-bond acceptors (Lipinski definition) is 4. The lowest BCUT2D eigenvalue weighted by Gasteiger charge is -2.33. The smallest absolute Gasteiger partial charge is 0.264 e. The third-order valence-corrected chi connectivity index (χ3v) is 8.69. The van der Waals surface area contributed by atoms with E-state index in [9.17, 15) is 18.0 Å². The van der Waals surface area contributed by atoms with Crippen LogP contribution in [0.4, 0.5) is 5.69 Å². The minimum atomic E-state index is -4.09. The minimum absolute atomic E-state index is 0.102. The molecule has 0 spiro atoms. The number of anilines is 1. The number of nitrogens with one attached hydrogen (secondary N) is 1. The SMILES string of the molecule is CCCCNC(=O)C(CC)N(Cc1ccccc1)C(=O)CN(c1ccc(C)cc1C)S(=O)(=O)c1ccc(C)cc1. The Kier molecular flexibility index (Phi) is 10.9. The molecule has 1 atom stereocenters. The molecule has 3 aromatic rings. The maximum absolute atomic E-state index is 14.1. The average molecular weight is 564 g/mol. The first-order valence-electron chi connectivity index (χ1n) is 13.9. The second kappa shape index (κ2) is 14.1. The number of carbonyl (C=O) groups excluding carboxylic acids is 2. The van der Waals surface area contributed by atoms with Crippen molar-refractivity contribution in [3.05, 3.63) is 95.1 Å². The van der Waals surface area contributed by atoms with Crippen LogP contribution in [0.15, 0.2) is 77.7 Å². The molecular weight excluding hydrogens is 522 g/mol. The van der Waals surface area contributed by atoms with Gasteiger partial charge in [0.15, 0.2) is 0 Å². The molecule has 2 amide bonds. The monoisotopic (exact) mass is 563 g/mol. The zero-order chi connectivity index (χ0) is 29.3. The van der Waals surface area contributed by atoms with E-state index in [-0.39, 0.29) is 17.3 Å². The van der Waals surface area contributed by atoms with E-state index in [4.69, 9.17) is 0 Å². The number of benzene rings is 3. The highest BCUT2D eigenvalue weighted by Crippen LogP contribution is 2.28. The Morgan fingerprint density at radius 1 is 0.875 bits per heavy atom. The molecule has 0 bridgehead atoms. The molecule has 3 aromatic carbocycles. The Balaban J connectivity index is 2.05. The van der Waals surface area contributed by atoms with Crippen molar-refractivity contribution < 1.29 is 18.0 Å². The van der Waals surface area contributed by atoms with E-state index in [1.807, 2.05) is 77.1 Å². The van der Waals surface area contributed by atoms with Gasteiger partial charge in [0, 0.05) is 13.1 Å². The summed E-state index contributed by atoms with van der Waals surface area (Å²) in [5.74, 6) is -0.684. The van der Waals surface area contributed by atoms with Crippen LogP contribution in [0, 0.1) is 20.8 Å². The third-order valence-electron chi connectivity index (χ3n) is 6.92. The van der Waals surface area contributed by atoms with Gasteiger partial charge < -0.3 is 10.2 Å². The molecule has 1 N–H and O–H groups in total. The van der Waals surface area contributed by atoms with Gasteiger partial charge in [-0.1, -0.05) is 86.0 Å². The summed E-state index contributed by atoms with van der Waals surface area (Å²) >= 11 is 0. The van der Waals surface area contributed by atoms with Crippen LogP contribution in [0.5, 0.6) is 0 Å². The van der Waals surface area contributed by atoms with Crippen LogP contribution in [0.3, 0.4) is 0 Å². The summed E-state index contributed by atoms with van der Waals surface area (Å²) < 4.78 is 29.2. The predicted octanol–water partition coefficient (Wildman–Crippen LogP) is 5.53. The molecule has 0 aromatic heterocycles. The molecular formula is C32H41N3O4S. The van der Waals surface area contributed by atoms with E-state index in [1.165, 1.54) is 9.21 Å². The number of rotatable bonds is 13. The van der Waals surface area contributed by atoms with Gasteiger partial charge >= 0.3 is 0 Å². The number of carbonyl (C=O) groups is 2. The zero-order valence-electron chi connectivity index (χ0n) is 24.2. The Labute approximate surface area is 239 Å². The Morgan fingerprint density at radius 2 is 1.52 bits per heavy atom. The van der Waals surface area contributed by atoms with Crippen molar-refractivity contribution in [1.82, 2.24) is 10.2 Å². The number of sulfonamides is 1. The van der Waals surface area contributed by atoms with Gasteiger partial charge in [0.1, 0.15) is 12.6 Å². The van der Waals surface area contributed by atoms with Gasteiger partial charge in [-0.15, -0.1) is 0 Å². The lowest BCUT2D eigenvalue weighted by molar-refractivity contribution is -0.140. The number of aryl methyl sites for hydroxylation is 3. The largest absolute Gasteiger partial charge is 0.354 e. The quantitative estimate of drug-likeness (QED) is 0.277. The van der Waals surface area contributed by atoms with E-state index < -0.39 is 28.5 Å². The van der Waals surface area contributed by atoms with E-state index >= 15 is 0 Å². The third kappa shape index (κ3) is 7.72. The van der Waals surface area contributed by atoms with Crippen LogP contribution in [0.25, 0.3) is 0 Å². The predicted molar refractivity (Wildman–Crippen MR) is 161 cm³/mol. The topological polar surface area (TPSA) is 86.8 Å². The molecule has 0 aliphatic rings. The molecule has 0 radical (unpaired) electrons. The van der Waals surface area contributed by atoms with Crippen molar-refractivity contribution in [3.63, 3.8) is 0 Å². The molecule has 8 heteroatoms. The summed E-state index contributed by atoms with van der Waals surface area (Å²) in [6, 6.07) is 20.8. The van der Waals surface area contributed by atoms with Gasteiger partial charge in [-0.05, 0) is 62.9 Å². The van der Waals surface area contributed by atoms with Crippen molar-refractivity contribution in [1.29, 1.82) is 0 Å². The maximum atomic E-state index is 14.1. The maximum Gasteiger partial charge on any atom is 0.264 e. The van der Waals surface area contributed by atoms with Crippen LogP contribution in [0.1, 0.15) is 55.4 Å². The fraction of sp³-hybridized carbons (Fsp3) is 0.375. The Morgan fingerprint density at radius 3 is 2.12 bits per heavy atom. The van der Waals surface area contributed by atoms with Crippen LogP contribution in [-0.2, 0) is 26.2 Å². The average Bonchev–Trinajstić information content (AvgIpc) is 2.93. The second-order valence-corrected chi connectivity index (χ2v) is 12.1. The molecule has 0 aliphatic carbocycles. The summed E-state index contributed by atoms with van der Waals surface area (Å²) in [6.07, 6.45) is 2.17. The molecule has 0 heterocycles. The summed E-state index contributed by atoms with van der Waals surface area (Å²) in [5, 5.41) is 2.95. The molecule has 3 rings (SSSR count). The standard InChI is InChI=1S/C32H41N3O4S/c1-6-8-20-33-32(37)29(7-2)34(22-27-12-10-9-11-13-27)31(36)23-35(30-19-16-25(4)21-26(30)5)40(38,39)28-17-14-24(3)15-18-28/h9-19,21,29H,6-8,20,22-23H2,1-5H3,(H,33,37). The molecule has 1 unspecified atom stereocenters. The summed E-state index contributed by atoms with van der Waals surface area (Å²) in [7, 11) is -4.09. The highest BCUT2D eigenvalue weighted by Gasteiger charge is 2.34. The summed E-state index contributed by atoms with van der Waals surface area (Å²) in [6.45, 7) is 9.84. The van der Waals surface area contributed by atoms with Crippen molar-refractivity contribution >= 4 is 27.5 Å². The van der Waals surface area contributed by atoms with Gasteiger partial charge in [0.05, 0.1) is 10.6 Å². The van der Waals surface area contributed by atoms with E-state index in [0.717, 1.165) is 35.1 Å². The highest BCUT2D eigenvalue weighted by molar-refractivity contribution is 7.92. The van der Waals surface area contributed by atoms with Crippen molar-refractivity contribution in [2.75, 3.05) is 17.4 Å². The molecule has 0 fully saturated rings. The van der Waals surface area contributed by atoms with Crippen molar-refractivity contribution in [2.24, 2.45) is 0 Å². The van der Waals surface area contributed by atoms with Crippen LogP contribution in [-0.4, -0.2) is 44.3 Å². The van der Waals surface area contributed by atoms with E-state index in [1.54, 1.807) is 30.3 Å². The number of hydrogen-bond donors (Lipinski definition) is 1. The van der Waals surface area contributed by atoms with Crippen molar-refractivity contribution in [3.8, 4) is 0 Å². The molecule has 7 nitrogen and oxygen atoms in total. The van der Waals surface area contributed by atoms with Crippen LogP contribution < -0.4 is 9.62 Å². The summed E-state index contributed by atoms with van der Waals surface area (Å²) in [5.41, 5.74) is 3.94. The van der Waals surface area contributed by atoms with Gasteiger partial charge in [0.2, 0.25) is 11.8 Å². The summed E-state index contributed by atoms with van der Waals surface area (Å²) in [4.78, 5) is 29.0. The fourth-order valence-corrected chi connectivity index (χ4v) is 6.12. The van der Waals surface area contributed by atoms with Crippen molar-refractivity contribution in [2.45, 2.75) is 71.4 Å². The fourth-order valence-electron chi connectivity index (χ4n) is 4.64. The first-order chi connectivity index (χ1) is 19.1. The first kappa shape index (κ1) is 30.9. The van der Waals surface area contributed by atoms with E-state index in [2.05, 4.69) is 5.32 Å². The molecule has 214 valence electrons. The highest BCUT2D eigenvalue weighted by atomic mass is 32.2. The Hall–Kier alpha value is -3.65. The van der Waals surface area contributed by atoms with Gasteiger partial charge in [-0.2, -0.15) is 0 Å². The second-order valence-electron chi connectivity index (χ2n) is 10.2. The van der Waals surface area contributed by atoms with E-state index in [0.29, 0.717) is 18.7 Å². The molecule has 40 heavy (non-hydrogen) atoms. The van der Waals surface area contributed by atoms with Gasteiger partial charge in [-0.3, -0.25) is 13.9 Å². The minimum Gasteiger partial charge on any atom is -0.354 e. The first-order valence-corrected chi connectivity index (χ1v) is 15.3. The van der Waals surface area contributed by atoms with Gasteiger partial charge in [0.25, 0.3) is 10.0 Å². The van der Waals surface area contributed by atoms with Crippen LogP contribution in [0.2, 0.25) is 0 Å². The number of amides is 2. The Bertz CT molecular complexity index is 1390. The van der Waals surface area contributed by atoms with Crippen LogP contribution >= 0.6 is 0 Å². The lowest BCUT2D eigenvalue weighted by Crippen LogP contribution is -2.52. The molecule has 0 saturated carbocycles. The normalized spacial score (nSPS) is 12.0.